The van der Waals surface area contributed by atoms with Crippen molar-refractivity contribution in [2.24, 2.45) is 0 Å². The summed E-state index contributed by atoms with van der Waals surface area (Å²) in [4.78, 5) is 27.1. The molecule has 0 unspecified atom stereocenters. The lowest BCUT2D eigenvalue weighted by Gasteiger charge is -2.29. The summed E-state index contributed by atoms with van der Waals surface area (Å²) < 4.78 is 4.95. The third-order valence-electron chi connectivity index (χ3n) is 3.62. The van der Waals surface area contributed by atoms with Crippen molar-refractivity contribution in [2.75, 3.05) is 29.1 Å². The molecular formula is C18H18N2O3S. The number of ether oxygens (including phenoxy) is 1. The lowest BCUT2D eigenvalue weighted by Crippen LogP contribution is -2.38. The summed E-state index contributed by atoms with van der Waals surface area (Å²) in [6, 6.07) is 14.4. The molecule has 1 aliphatic rings. The van der Waals surface area contributed by atoms with Crippen LogP contribution in [0.2, 0.25) is 0 Å². The Morgan fingerprint density at radius 1 is 1.17 bits per heavy atom. The number of carbonyl (C=O) groups excluding carboxylic acids is 2. The average Bonchev–Trinajstić information content (AvgIpc) is 2.62. The topological polar surface area (TPSA) is 58.6 Å². The van der Waals surface area contributed by atoms with Gasteiger partial charge >= 0.3 is 12.0 Å². The lowest BCUT2D eigenvalue weighted by atomic mass is 10.2. The minimum absolute atomic E-state index is 0.174. The first-order valence-corrected chi connectivity index (χ1v) is 8.75. The molecule has 24 heavy (non-hydrogen) atoms. The van der Waals surface area contributed by atoms with Gasteiger partial charge in [0.15, 0.2) is 0 Å². The highest BCUT2D eigenvalue weighted by atomic mass is 32.2. The summed E-state index contributed by atoms with van der Waals surface area (Å²) >= 11 is 1.75. The van der Waals surface area contributed by atoms with Crippen molar-refractivity contribution < 1.29 is 14.3 Å². The van der Waals surface area contributed by atoms with Gasteiger partial charge < -0.3 is 10.1 Å². The number of benzene rings is 2. The van der Waals surface area contributed by atoms with E-state index in [1.807, 2.05) is 24.3 Å². The zero-order valence-electron chi connectivity index (χ0n) is 13.3. The minimum Gasteiger partial charge on any atom is -0.462 e. The second-order valence-electron chi connectivity index (χ2n) is 5.20. The van der Waals surface area contributed by atoms with Crippen LogP contribution in [-0.2, 0) is 4.74 Å². The SMILES string of the molecule is CCOC(=O)c1ccc(NC(=O)N2CCSc3ccccc32)cc1. The van der Waals surface area contributed by atoms with Crippen LogP contribution >= 0.6 is 11.8 Å². The Hall–Kier alpha value is -2.47. The van der Waals surface area contributed by atoms with Crippen LogP contribution in [0.5, 0.6) is 0 Å². The lowest BCUT2D eigenvalue weighted by molar-refractivity contribution is 0.0526. The normalized spacial score (nSPS) is 13.1. The van der Waals surface area contributed by atoms with Crippen molar-refractivity contribution in [3.8, 4) is 0 Å². The zero-order valence-corrected chi connectivity index (χ0v) is 14.1. The minimum atomic E-state index is -0.364. The molecular weight excluding hydrogens is 324 g/mol. The summed E-state index contributed by atoms with van der Waals surface area (Å²) in [5.41, 5.74) is 2.03. The van der Waals surface area contributed by atoms with E-state index in [9.17, 15) is 9.59 Å². The standard InChI is InChI=1S/C18H18N2O3S/c1-2-23-17(21)13-7-9-14(10-8-13)19-18(22)20-11-12-24-16-6-4-3-5-15(16)20/h3-10H,2,11-12H2,1H3,(H,19,22). The van der Waals surface area contributed by atoms with E-state index in [0.29, 0.717) is 24.4 Å². The van der Waals surface area contributed by atoms with Gasteiger partial charge in [0.05, 0.1) is 17.9 Å². The number of nitrogens with zero attached hydrogens (tertiary/aromatic N) is 1. The molecule has 2 aromatic rings. The first-order chi connectivity index (χ1) is 11.7. The number of thioether (sulfide) groups is 1. The zero-order chi connectivity index (χ0) is 16.9. The predicted octanol–water partition coefficient (Wildman–Crippen LogP) is 4.01. The Balaban J connectivity index is 1.71. The van der Waals surface area contributed by atoms with E-state index in [-0.39, 0.29) is 12.0 Å². The van der Waals surface area contributed by atoms with Crippen molar-refractivity contribution in [3.05, 3.63) is 54.1 Å². The van der Waals surface area contributed by atoms with Gasteiger partial charge in [-0.15, -0.1) is 11.8 Å². The summed E-state index contributed by atoms with van der Waals surface area (Å²) in [5, 5.41) is 2.88. The highest BCUT2D eigenvalue weighted by Crippen LogP contribution is 2.34. The molecule has 1 N–H and O–H groups in total. The summed E-state index contributed by atoms with van der Waals surface area (Å²) in [6.07, 6.45) is 0. The van der Waals surface area contributed by atoms with Gasteiger partial charge in [0.2, 0.25) is 0 Å². The maximum absolute atomic E-state index is 12.6. The summed E-state index contributed by atoms with van der Waals surface area (Å²) in [7, 11) is 0. The number of amides is 2. The summed E-state index contributed by atoms with van der Waals surface area (Å²) in [6.45, 7) is 2.76. The molecule has 0 saturated heterocycles. The number of anilines is 2. The second-order valence-corrected chi connectivity index (χ2v) is 6.33. The van der Waals surface area contributed by atoms with Crippen LogP contribution in [-0.4, -0.2) is 30.9 Å². The predicted molar refractivity (Wildman–Crippen MR) is 95.9 cm³/mol. The molecule has 0 atom stereocenters. The Kier molecular flexibility index (Phi) is 5.05. The highest BCUT2D eigenvalue weighted by Gasteiger charge is 2.22. The van der Waals surface area contributed by atoms with Crippen molar-refractivity contribution in [1.29, 1.82) is 0 Å². The Morgan fingerprint density at radius 3 is 2.67 bits per heavy atom. The number of fused-ring (bicyclic) bond motifs is 1. The molecule has 0 aromatic heterocycles. The molecule has 0 fully saturated rings. The van der Waals surface area contributed by atoms with Gasteiger partial charge in [0.25, 0.3) is 0 Å². The van der Waals surface area contributed by atoms with Gasteiger partial charge in [0, 0.05) is 22.9 Å². The van der Waals surface area contributed by atoms with E-state index in [1.165, 1.54) is 0 Å². The molecule has 0 bridgehead atoms. The number of hydrogen-bond donors (Lipinski definition) is 1. The van der Waals surface area contributed by atoms with E-state index in [1.54, 1.807) is 47.9 Å². The fraction of sp³-hybridized carbons (Fsp3) is 0.222. The van der Waals surface area contributed by atoms with E-state index in [2.05, 4.69) is 5.32 Å². The van der Waals surface area contributed by atoms with E-state index < -0.39 is 0 Å². The monoisotopic (exact) mass is 342 g/mol. The van der Waals surface area contributed by atoms with Gasteiger partial charge in [-0.2, -0.15) is 0 Å². The van der Waals surface area contributed by atoms with Crippen LogP contribution < -0.4 is 10.2 Å². The van der Waals surface area contributed by atoms with Gasteiger partial charge in [-0.25, -0.2) is 9.59 Å². The Morgan fingerprint density at radius 2 is 1.92 bits per heavy atom. The first kappa shape index (κ1) is 16.4. The highest BCUT2D eigenvalue weighted by molar-refractivity contribution is 7.99. The molecule has 2 amide bonds. The van der Waals surface area contributed by atoms with Crippen LogP contribution in [0.3, 0.4) is 0 Å². The molecule has 0 saturated carbocycles. The van der Waals surface area contributed by atoms with Crippen LogP contribution in [0.15, 0.2) is 53.4 Å². The number of rotatable bonds is 3. The molecule has 0 spiro atoms. The summed E-state index contributed by atoms with van der Waals surface area (Å²) in [5.74, 6) is 0.504. The number of nitrogens with one attached hydrogen (secondary N) is 1. The smallest absolute Gasteiger partial charge is 0.338 e. The van der Waals surface area contributed by atoms with Gasteiger partial charge in [-0.3, -0.25) is 4.90 Å². The van der Waals surface area contributed by atoms with Crippen molar-refractivity contribution in [3.63, 3.8) is 0 Å². The quantitative estimate of drug-likeness (QED) is 0.856. The molecule has 3 rings (SSSR count). The fourth-order valence-electron chi connectivity index (χ4n) is 2.48. The number of urea groups is 1. The average molecular weight is 342 g/mol. The third-order valence-corrected chi connectivity index (χ3v) is 4.66. The molecule has 1 aliphatic heterocycles. The van der Waals surface area contributed by atoms with Gasteiger partial charge in [0.1, 0.15) is 0 Å². The molecule has 6 heteroatoms. The molecule has 2 aromatic carbocycles. The third kappa shape index (κ3) is 3.54. The van der Waals surface area contributed by atoms with Crippen LogP contribution in [0.25, 0.3) is 0 Å². The van der Waals surface area contributed by atoms with E-state index in [0.717, 1.165) is 16.3 Å². The Labute approximate surface area is 145 Å². The number of para-hydroxylation sites is 1. The van der Waals surface area contributed by atoms with Crippen molar-refractivity contribution in [2.45, 2.75) is 11.8 Å². The number of carbonyl (C=O) groups is 2. The van der Waals surface area contributed by atoms with Crippen molar-refractivity contribution >= 4 is 35.1 Å². The molecule has 5 nitrogen and oxygen atoms in total. The largest absolute Gasteiger partial charge is 0.462 e. The Bertz CT molecular complexity index is 746. The number of esters is 1. The van der Waals surface area contributed by atoms with E-state index >= 15 is 0 Å². The second kappa shape index (κ2) is 7.40. The van der Waals surface area contributed by atoms with Crippen molar-refractivity contribution in [1.82, 2.24) is 0 Å². The number of hydrogen-bond acceptors (Lipinski definition) is 4. The fourth-order valence-corrected chi connectivity index (χ4v) is 3.47. The van der Waals surface area contributed by atoms with Crippen LogP contribution in [0.4, 0.5) is 16.2 Å². The molecule has 124 valence electrons. The molecule has 1 heterocycles. The first-order valence-electron chi connectivity index (χ1n) is 7.76. The maximum atomic E-state index is 12.6. The maximum Gasteiger partial charge on any atom is 0.338 e. The van der Waals surface area contributed by atoms with Gasteiger partial charge in [-0.1, -0.05) is 12.1 Å². The molecule has 0 aliphatic carbocycles. The van der Waals surface area contributed by atoms with Crippen LogP contribution in [0.1, 0.15) is 17.3 Å². The van der Waals surface area contributed by atoms with Crippen LogP contribution in [0, 0.1) is 0 Å². The van der Waals surface area contributed by atoms with Gasteiger partial charge in [-0.05, 0) is 43.3 Å². The van der Waals surface area contributed by atoms with E-state index in [4.69, 9.17) is 4.74 Å². The molecule has 0 radical (unpaired) electrons.